The van der Waals surface area contributed by atoms with E-state index in [4.69, 9.17) is 5.73 Å². The summed E-state index contributed by atoms with van der Waals surface area (Å²) in [5.41, 5.74) is 5.50. The number of hydrogen-bond donors (Lipinski definition) is 2. The van der Waals surface area contributed by atoms with Crippen molar-refractivity contribution in [3.05, 3.63) is 0 Å². The molecule has 0 spiro atoms. The second-order valence-corrected chi connectivity index (χ2v) is 10.0. The topological polar surface area (TPSA) is 90.4 Å². The summed E-state index contributed by atoms with van der Waals surface area (Å²) < 4.78 is 0. The lowest BCUT2D eigenvalue weighted by atomic mass is 9.61. The number of nitrogens with two attached hydrogens (primary N) is 1. The van der Waals surface area contributed by atoms with E-state index in [1.807, 2.05) is 6.92 Å². The first-order valence-electron chi connectivity index (χ1n) is 10.1. The Bertz CT molecular complexity index is 604. The molecule has 1 saturated heterocycles. The molecule has 3 aliphatic rings. The Kier molecular flexibility index (Phi) is 5.43. The number of hydrogen-bond acceptors (Lipinski definition) is 4. The number of aliphatic hydroxyl groups is 1. The smallest absolute Gasteiger partial charge is 0.241 e. The molecule has 6 heteroatoms. The van der Waals surface area contributed by atoms with Crippen LogP contribution in [0.25, 0.3) is 0 Å². The molecule has 0 radical (unpaired) electrons. The summed E-state index contributed by atoms with van der Waals surface area (Å²) in [7, 11) is 2.78. The van der Waals surface area contributed by atoms with E-state index in [0.717, 1.165) is 38.3 Å². The number of amides is 1. The predicted molar refractivity (Wildman–Crippen MR) is 105 cm³/mol. The first kappa shape index (κ1) is 20.1. The summed E-state index contributed by atoms with van der Waals surface area (Å²) in [6.07, 6.45) is 5.67. The Hall–Kier alpha value is -0.690. The van der Waals surface area contributed by atoms with Crippen LogP contribution in [-0.4, -0.2) is 45.8 Å². The van der Waals surface area contributed by atoms with Crippen LogP contribution >= 0.6 is 9.24 Å². The van der Waals surface area contributed by atoms with E-state index in [9.17, 15) is 15.2 Å². The highest BCUT2D eigenvalue weighted by molar-refractivity contribution is 7.16. The van der Waals surface area contributed by atoms with E-state index in [1.54, 1.807) is 4.90 Å². The van der Waals surface area contributed by atoms with Gasteiger partial charge in [-0.05, 0) is 74.8 Å². The largest absolute Gasteiger partial charge is 0.390 e. The molecule has 26 heavy (non-hydrogen) atoms. The molecule has 9 unspecified atom stereocenters. The second-order valence-electron chi connectivity index (χ2n) is 9.55. The van der Waals surface area contributed by atoms with E-state index in [0.29, 0.717) is 24.2 Å². The molecule has 1 amide bonds. The van der Waals surface area contributed by atoms with Gasteiger partial charge in [0.25, 0.3) is 0 Å². The molecule has 3 N–H and O–H groups in total. The molecule has 0 bridgehead atoms. The average Bonchev–Trinajstić information content (AvgIpc) is 3.04. The molecule has 2 saturated carbocycles. The Morgan fingerprint density at radius 2 is 2.19 bits per heavy atom. The van der Waals surface area contributed by atoms with Crippen molar-refractivity contribution >= 4 is 15.1 Å². The Labute approximate surface area is 159 Å². The third kappa shape index (κ3) is 3.41. The standard InChI is InChI=1S/C20H34N3O2P/c1-12(10-26)8-20(6-4-5-19(3,25)11-20)17(22)18(24)23-14(9-21)7-15-13(2)16(15)23/h12-17,25H,4-8,10-11,22,26H2,1-3H3. The van der Waals surface area contributed by atoms with Crippen LogP contribution in [-0.2, 0) is 4.79 Å². The van der Waals surface area contributed by atoms with Gasteiger partial charge >= 0.3 is 0 Å². The summed E-state index contributed by atoms with van der Waals surface area (Å²) in [5.74, 6) is 1.30. The minimum absolute atomic E-state index is 0.0675. The van der Waals surface area contributed by atoms with Crippen LogP contribution in [0.15, 0.2) is 0 Å². The molecule has 3 rings (SSSR count). The van der Waals surface area contributed by atoms with Crippen molar-refractivity contribution in [3.63, 3.8) is 0 Å². The minimum atomic E-state index is -0.772. The van der Waals surface area contributed by atoms with Gasteiger partial charge in [0.2, 0.25) is 5.91 Å². The van der Waals surface area contributed by atoms with E-state index in [2.05, 4.69) is 29.2 Å². The number of piperidine rings is 1. The highest BCUT2D eigenvalue weighted by atomic mass is 31.0. The van der Waals surface area contributed by atoms with Gasteiger partial charge in [-0.1, -0.05) is 13.8 Å². The molecule has 9 atom stereocenters. The quantitative estimate of drug-likeness (QED) is 0.717. The van der Waals surface area contributed by atoms with Crippen molar-refractivity contribution in [2.45, 2.75) is 83.0 Å². The molecule has 2 aliphatic carbocycles. The van der Waals surface area contributed by atoms with E-state index < -0.39 is 11.6 Å². The number of nitriles is 1. The van der Waals surface area contributed by atoms with Crippen LogP contribution in [0, 0.1) is 34.5 Å². The third-order valence-electron chi connectivity index (χ3n) is 7.27. The van der Waals surface area contributed by atoms with Gasteiger partial charge in [-0.25, -0.2) is 0 Å². The van der Waals surface area contributed by atoms with Gasteiger partial charge in [-0.15, -0.1) is 9.24 Å². The van der Waals surface area contributed by atoms with Crippen LogP contribution in [0.4, 0.5) is 0 Å². The Balaban J connectivity index is 1.86. The van der Waals surface area contributed by atoms with Gasteiger partial charge < -0.3 is 15.7 Å². The molecule has 0 aromatic carbocycles. The number of rotatable bonds is 5. The lowest BCUT2D eigenvalue weighted by molar-refractivity contribution is -0.141. The van der Waals surface area contributed by atoms with Gasteiger partial charge in [0, 0.05) is 6.04 Å². The van der Waals surface area contributed by atoms with Crippen LogP contribution in [0.2, 0.25) is 0 Å². The first-order chi connectivity index (χ1) is 12.2. The monoisotopic (exact) mass is 379 g/mol. The fourth-order valence-corrected chi connectivity index (χ4v) is 6.02. The van der Waals surface area contributed by atoms with E-state index in [1.165, 1.54) is 0 Å². The van der Waals surface area contributed by atoms with Gasteiger partial charge in [0.15, 0.2) is 0 Å². The highest BCUT2D eigenvalue weighted by Gasteiger charge is 2.62. The molecular weight excluding hydrogens is 345 g/mol. The van der Waals surface area contributed by atoms with Crippen molar-refractivity contribution in [2.24, 2.45) is 28.9 Å². The zero-order valence-electron chi connectivity index (χ0n) is 16.3. The zero-order valence-corrected chi connectivity index (χ0v) is 17.5. The second kappa shape index (κ2) is 7.04. The molecule has 3 fully saturated rings. The third-order valence-corrected chi connectivity index (χ3v) is 8.08. The van der Waals surface area contributed by atoms with Crippen molar-refractivity contribution in [3.8, 4) is 6.07 Å². The van der Waals surface area contributed by atoms with Crippen molar-refractivity contribution < 1.29 is 9.90 Å². The number of carbonyl (C=O) groups is 1. The molecule has 0 aromatic heterocycles. The van der Waals surface area contributed by atoms with Gasteiger partial charge in [0.05, 0.1) is 17.7 Å². The van der Waals surface area contributed by atoms with Gasteiger partial charge in [-0.2, -0.15) is 5.26 Å². The lowest BCUT2D eigenvalue weighted by Gasteiger charge is -2.49. The number of nitrogens with zero attached hydrogens (tertiary/aromatic N) is 2. The molecule has 1 aliphatic heterocycles. The van der Waals surface area contributed by atoms with Crippen LogP contribution in [0.3, 0.4) is 0 Å². The van der Waals surface area contributed by atoms with E-state index >= 15 is 0 Å². The maximum absolute atomic E-state index is 13.4. The molecule has 0 aromatic rings. The number of likely N-dealkylation sites (tertiary alicyclic amines) is 1. The lowest BCUT2D eigenvalue weighted by Crippen LogP contribution is -2.59. The number of fused-ring (bicyclic) bond motifs is 1. The summed E-state index contributed by atoms with van der Waals surface area (Å²) in [5, 5.41) is 20.3. The number of carbonyl (C=O) groups excluding carboxylic acids is 1. The van der Waals surface area contributed by atoms with Crippen molar-refractivity contribution in [1.82, 2.24) is 4.90 Å². The van der Waals surface area contributed by atoms with Crippen molar-refractivity contribution in [1.29, 1.82) is 5.26 Å². The molecule has 5 nitrogen and oxygen atoms in total. The molecule has 146 valence electrons. The average molecular weight is 379 g/mol. The summed E-state index contributed by atoms with van der Waals surface area (Å²) in [6, 6.07) is 1.53. The van der Waals surface area contributed by atoms with Crippen LogP contribution in [0.1, 0.15) is 59.3 Å². The predicted octanol–water partition coefficient (Wildman–Crippen LogP) is 2.29. The van der Waals surface area contributed by atoms with Crippen molar-refractivity contribution in [2.75, 3.05) is 6.16 Å². The fourth-order valence-electron chi connectivity index (χ4n) is 5.85. The summed E-state index contributed by atoms with van der Waals surface area (Å²) in [4.78, 5) is 15.2. The van der Waals surface area contributed by atoms with Gasteiger partial charge in [-0.3, -0.25) is 4.79 Å². The maximum atomic E-state index is 13.4. The zero-order chi connectivity index (χ0) is 19.3. The molecular formula is C20H34N3O2P. The Morgan fingerprint density at radius 3 is 2.77 bits per heavy atom. The van der Waals surface area contributed by atoms with Crippen LogP contribution < -0.4 is 5.73 Å². The SMILES string of the molecule is CC(CP)CC1(C(N)C(=O)N2C(C#N)CC3C(C)C32)CCCC(C)(O)C1. The molecule has 1 heterocycles. The Morgan fingerprint density at radius 1 is 1.50 bits per heavy atom. The van der Waals surface area contributed by atoms with Crippen LogP contribution in [0.5, 0.6) is 0 Å². The highest BCUT2D eigenvalue weighted by Crippen LogP contribution is 2.54. The van der Waals surface area contributed by atoms with Gasteiger partial charge in [0.1, 0.15) is 6.04 Å². The normalized spacial score (nSPS) is 44.1. The summed E-state index contributed by atoms with van der Waals surface area (Å²) in [6.45, 7) is 6.21. The van der Waals surface area contributed by atoms with E-state index in [-0.39, 0.29) is 23.4 Å². The summed E-state index contributed by atoms with van der Waals surface area (Å²) >= 11 is 0. The minimum Gasteiger partial charge on any atom is -0.390 e. The fraction of sp³-hybridized carbons (Fsp3) is 0.900. The maximum Gasteiger partial charge on any atom is 0.241 e. The first-order valence-corrected chi connectivity index (χ1v) is 10.9.